The average molecular weight is 897 g/mol. The van der Waals surface area contributed by atoms with Crippen molar-refractivity contribution in [2.24, 2.45) is 11.8 Å². The Hall–Kier alpha value is -3.24. The van der Waals surface area contributed by atoms with Crippen LogP contribution in [0.15, 0.2) is 131 Å². The fourth-order valence-corrected chi connectivity index (χ4v) is 10.6. The maximum atomic E-state index is 12.9. The van der Waals surface area contributed by atoms with Gasteiger partial charge < -0.3 is 29.6 Å². The Labute approximate surface area is 392 Å². The first-order valence-electron chi connectivity index (χ1n) is 18.8. The van der Waals surface area contributed by atoms with E-state index in [1.54, 1.807) is 85.9 Å². The summed E-state index contributed by atoms with van der Waals surface area (Å²) in [7, 11) is 0. The van der Waals surface area contributed by atoms with Gasteiger partial charge in [-0.05, 0) is 37.1 Å². The van der Waals surface area contributed by atoms with Crippen LogP contribution in [-0.4, -0.2) is 129 Å². The van der Waals surface area contributed by atoms with E-state index < -0.39 is 35.9 Å². The van der Waals surface area contributed by atoms with Gasteiger partial charge >= 0.3 is 37.7 Å². The summed E-state index contributed by atoms with van der Waals surface area (Å²) in [5.41, 5.74) is 1.18. The molecule has 0 N–H and O–H groups in total. The van der Waals surface area contributed by atoms with Gasteiger partial charge in [-0.15, -0.1) is 23.5 Å². The molecule has 6 rings (SSSR count). The molecule has 4 aromatic carbocycles. The van der Waals surface area contributed by atoms with Gasteiger partial charge in [-0.2, -0.15) is 0 Å². The summed E-state index contributed by atoms with van der Waals surface area (Å²) in [5, 5.41) is 23.0. The largest absolute Gasteiger partial charge is 2.00 e. The van der Waals surface area contributed by atoms with Crippen LogP contribution in [-0.2, 0) is 19.2 Å². The van der Waals surface area contributed by atoms with E-state index in [4.69, 9.17) is 0 Å². The molecule has 59 heavy (non-hydrogen) atoms. The molecular formula is C44H44CaN2O8S4. The minimum Gasteiger partial charge on any atom is -0.548 e. The second-order valence-electron chi connectivity index (χ2n) is 14.0. The molecular weight excluding hydrogens is 853 g/mol. The van der Waals surface area contributed by atoms with E-state index in [2.05, 4.69) is 0 Å². The van der Waals surface area contributed by atoms with E-state index in [1.165, 1.54) is 9.80 Å². The Bertz CT molecular complexity index is 1870. The fraction of sp³-hybridized carbons (Fsp3) is 0.318. The summed E-state index contributed by atoms with van der Waals surface area (Å²) >= 11 is 5.32. The SMILES string of the molecule is C[C@@H](CSC(=O)c1ccccc1)C(=O)N1C[C@@H](Sc2ccccc2)C[C@H]1C(=O)[O-].C[C@@H](CSC(=O)c1ccccc1)C(=O)N1C[C@@H](Sc2ccccc2)C[C@H]1C(=O)[O-].[Ca+2]. The molecule has 0 aliphatic carbocycles. The van der Waals surface area contributed by atoms with Crippen molar-refractivity contribution in [1.82, 2.24) is 9.80 Å². The van der Waals surface area contributed by atoms with Crippen LogP contribution in [0.4, 0.5) is 0 Å². The van der Waals surface area contributed by atoms with Crippen molar-refractivity contribution >= 4 is 119 Å². The van der Waals surface area contributed by atoms with E-state index in [-0.39, 0.29) is 70.3 Å². The van der Waals surface area contributed by atoms with Crippen molar-refractivity contribution in [3.05, 3.63) is 132 Å². The van der Waals surface area contributed by atoms with Crippen LogP contribution in [0, 0.1) is 11.8 Å². The van der Waals surface area contributed by atoms with Crippen LogP contribution < -0.4 is 10.2 Å². The molecule has 0 spiro atoms. The molecule has 2 fully saturated rings. The number of benzene rings is 4. The number of rotatable bonds is 14. The van der Waals surface area contributed by atoms with E-state index in [9.17, 15) is 39.0 Å². The quantitative estimate of drug-likeness (QED) is 0.156. The van der Waals surface area contributed by atoms with E-state index >= 15 is 0 Å². The smallest absolute Gasteiger partial charge is 0.548 e. The summed E-state index contributed by atoms with van der Waals surface area (Å²) in [6.07, 6.45) is 0.715. The topological polar surface area (TPSA) is 155 Å². The molecule has 0 aromatic heterocycles. The minimum absolute atomic E-state index is 0. The number of carboxylic acids is 2. The first-order valence-corrected chi connectivity index (χ1v) is 22.5. The van der Waals surface area contributed by atoms with Gasteiger partial charge in [0, 0.05) is 67.8 Å². The van der Waals surface area contributed by atoms with Gasteiger partial charge in [0.25, 0.3) is 0 Å². The first-order chi connectivity index (χ1) is 27.9. The van der Waals surface area contributed by atoms with Crippen LogP contribution in [0.3, 0.4) is 0 Å². The Morgan fingerprint density at radius 1 is 0.542 bits per heavy atom. The molecule has 2 heterocycles. The molecule has 304 valence electrons. The van der Waals surface area contributed by atoms with Gasteiger partial charge in [-0.3, -0.25) is 19.2 Å². The zero-order valence-corrected chi connectivity index (χ0v) is 38.2. The number of aliphatic carboxylic acids is 2. The molecule has 10 nitrogen and oxygen atoms in total. The third-order valence-corrected chi connectivity index (χ3v) is 14.3. The number of likely N-dealkylation sites (tertiary alicyclic amines) is 2. The summed E-state index contributed by atoms with van der Waals surface area (Å²) in [5.74, 6) is -3.26. The van der Waals surface area contributed by atoms with Gasteiger partial charge in [0.1, 0.15) is 0 Å². The van der Waals surface area contributed by atoms with Crippen molar-refractivity contribution in [2.75, 3.05) is 24.6 Å². The monoisotopic (exact) mass is 896 g/mol. The first kappa shape index (κ1) is 48.4. The number of carbonyl (C=O) groups is 6. The standard InChI is InChI=1S/2C22H23NO4S2.Ca/c2*1-15(14-28-22(27)16-8-4-2-5-9-16)20(24)23-13-18(12-19(23)21(25)26)29-17-10-6-3-7-11-17;/h2*2-11,15,18-19H,12-14H2,1H3,(H,25,26);/q;;+2/p-2/t2*15-,18-,19-;/m00./s1. The van der Waals surface area contributed by atoms with E-state index in [0.717, 1.165) is 33.3 Å². The minimum atomic E-state index is -1.23. The van der Waals surface area contributed by atoms with Gasteiger partial charge in [-0.1, -0.05) is 134 Å². The molecule has 2 aliphatic rings. The third-order valence-electron chi connectivity index (χ3n) is 9.52. The second kappa shape index (κ2) is 24.3. The number of hydrogen-bond acceptors (Lipinski definition) is 12. The normalized spacial score (nSPS) is 19.4. The van der Waals surface area contributed by atoms with Crippen molar-refractivity contribution in [3.63, 3.8) is 0 Å². The van der Waals surface area contributed by atoms with Crippen molar-refractivity contribution < 1.29 is 39.0 Å². The Morgan fingerprint density at radius 3 is 1.15 bits per heavy atom. The Kier molecular flexibility index (Phi) is 19.9. The predicted molar refractivity (Wildman–Crippen MR) is 233 cm³/mol. The molecule has 2 aliphatic heterocycles. The molecule has 4 aromatic rings. The summed E-state index contributed by atoms with van der Waals surface area (Å²) in [6, 6.07) is 35.4. The third kappa shape index (κ3) is 14.4. The second-order valence-corrected chi connectivity index (χ2v) is 18.7. The molecule has 15 heteroatoms. The molecule has 0 bridgehead atoms. The molecule has 2 amide bonds. The fourth-order valence-electron chi connectivity index (χ4n) is 6.51. The Morgan fingerprint density at radius 2 is 0.847 bits per heavy atom. The van der Waals surface area contributed by atoms with Crippen molar-refractivity contribution in [3.8, 4) is 0 Å². The number of nitrogens with zero attached hydrogens (tertiary/aromatic N) is 2. The summed E-state index contributed by atoms with van der Waals surface area (Å²) < 4.78 is 0. The number of carbonyl (C=O) groups excluding carboxylic acids is 6. The van der Waals surface area contributed by atoms with Crippen LogP contribution in [0.2, 0.25) is 0 Å². The summed E-state index contributed by atoms with van der Waals surface area (Å²) in [6.45, 7) is 4.19. The van der Waals surface area contributed by atoms with Crippen LogP contribution in [0.5, 0.6) is 0 Å². The maximum absolute atomic E-state index is 12.9. The van der Waals surface area contributed by atoms with E-state index in [0.29, 0.717) is 48.6 Å². The number of amides is 2. The van der Waals surface area contributed by atoms with Gasteiger partial charge in [0.2, 0.25) is 22.0 Å². The zero-order chi connectivity index (χ0) is 41.6. The average Bonchev–Trinajstić information content (AvgIpc) is 3.87. The van der Waals surface area contributed by atoms with Crippen LogP contribution >= 0.6 is 47.0 Å². The number of hydrogen-bond donors (Lipinski definition) is 0. The zero-order valence-electron chi connectivity index (χ0n) is 32.8. The van der Waals surface area contributed by atoms with Gasteiger partial charge in [0.15, 0.2) is 0 Å². The molecule has 0 saturated carbocycles. The van der Waals surface area contributed by atoms with Gasteiger partial charge in [0.05, 0.1) is 24.0 Å². The maximum Gasteiger partial charge on any atom is 2.00 e. The van der Waals surface area contributed by atoms with Crippen molar-refractivity contribution in [1.29, 1.82) is 0 Å². The molecule has 0 radical (unpaired) electrons. The molecule has 0 unspecified atom stereocenters. The van der Waals surface area contributed by atoms with Gasteiger partial charge in [-0.25, -0.2) is 0 Å². The Balaban J connectivity index is 0.000000256. The summed E-state index contributed by atoms with van der Waals surface area (Å²) in [4.78, 5) is 78.5. The van der Waals surface area contributed by atoms with E-state index in [1.807, 2.05) is 72.8 Å². The number of carboxylic acid groups (broad SMARTS) is 2. The van der Waals surface area contributed by atoms with Crippen LogP contribution in [0.1, 0.15) is 47.4 Å². The van der Waals surface area contributed by atoms with Crippen LogP contribution in [0.25, 0.3) is 0 Å². The molecule has 2 saturated heterocycles. The predicted octanol–water partition coefficient (Wildman–Crippen LogP) is 5.03. The van der Waals surface area contributed by atoms with Crippen molar-refractivity contribution in [2.45, 2.75) is 59.1 Å². The number of thioether (sulfide) groups is 4. The molecule has 6 atom stereocenters.